The SMILES string of the molecule is COc1ccccc1NS(=O)(=O)c1cccc(NS(=O)(=O)c2cccc(C(F)(F)F)c2)c1. The van der Waals surface area contributed by atoms with Crippen molar-refractivity contribution in [3.63, 3.8) is 0 Å². The van der Waals surface area contributed by atoms with Crippen LogP contribution in [-0.4, -0.2) is 23.9 Å². The highest BCUT2D eigenvalue weighted by molar-refractivity contribution is 7.93. The van der Waals surface area contributed by atoms with E-state index in [1.807, 2.05) is 0 Å². The van der Waals surface area contributed by atoms with Crippen molar-refractivity contribution < 1.29 is 34.7 Å². The highest BCUT2D eigenvalue weighted by Crippen LogP contribution is 2.31. The molecule has 0 aliphatic rings. The van der Waals surface area contributed by atoms with Gasteiger partial charge >= 0.3 is 6.18 Å². The zero-order chi connectivity index (χ0) is 23.6. The minimum absolute atomic E-state index is 0.148. The van der Waals surface area contributed by atoms with Gasteiger partial charge < -0.3 is 4.74 Å². The molecule has 0 atom stereocenters. The van der Waals surface area contributed by atoms with Gasteiger partial charge in [-0.25, -0.2) is 16.8 Å². The summed E-state index contributed by atoms with van der Waals surface area (Å²) in [4.78, 5) is -0.889. The summed E-state index contributed by atoms with van der Waals surface area (Å²) < 4.78 is 98.9. The molecule has 0 fully saturated rings. The number of hydrogen-bond acceptors (Lipinski definition) is 5. The zero-order valence-electron chi connectivity index (χ0n) is 16.4. The van der Waals surface area contributed by atoms with Gasteiger partial charge in [0.05, 0.1) is 33.8 Å². The minimum Gasteiger partial charge on any atom is -0.495 e. The Bertz CT molecular complexity index is 1340. The van der Waals surface area contributed by atoms with E-state index < -0.39 is 36.7 Å². The van der Waals surface area contributed by atoms with Crippen molar-refractivity contribution in [3.05, 3.63) is 78.4 Å². The Morgan fingerprint density at radius 2 is 1.34 bits per heavy atom. The molecule has 3 aromatic carbocycles. The van der Waals surface area contributed by atoms with E-state index in [1.54, 1.807) is 18.2 Å². The molecule has 3 rings (SSSR count). The highest BCUT2D eigenvalue weighted by Gasteiger charge is 2.31. The van der Waals surface area contributed by atoms with Crippen LogP contribution in [0, 0.1) is 0 Å². The first kappa shape index (κ1) is 23.4. The first-order valence-corrected chi connectivity index (χ1v) is 11.8. The van der Waals surface area contributed by atoms with E-state index in [2.05, 4.69) is 9.44 Å². The Hall–Kier alpha value is -3.25. The quantitative estimate of drug-likeness (QED) is 0.518. The molecule has 0 radical (unpaired) electrons. The van der Waals surface area contributed by atoms with Gasteiger partial charge in [0.15, 0.2) is 0 Å². The van der Waals surface area contributed by atoms with Crippen molar-refractivity contribution >= 4 is 31.4 Å². The predicted molar refractivity (Wildman–Crippen MR) is 112 cm³/mol. The smallest absolute Gasteiger partial charge is 0.416 e. The largest absolute Gasteiger partial charge is 0.495 e. The fraction of sp³-hybridized carbons (Fsp3) is 0.100. The summed E-state index contributed by atoms with van der Waals surface area (Å²) in [6, 6.07) is 14.3. The number of hydrogen-bond donors (Lipinski definition) is 2. The summed E-state index contributed by atoms with van der Waals surface area (Å²) in [5.74, 6) is 0.275. The first-order chi connectivity index (χ1) is 14.9. The molecule has 0 bridgehead atoms. The fourth-order valence-electron chi connectivity index (χ4n) is 2.71. The van der Waals surface area contributed by atoms with E-state index >= 15 is 0 Å². The number of rotatable bonds is 7. The molecular formula is C20H17F3N2O5S2. The van der Waals surface area contributed by atoms with Gasteiger partial charge in [0.25, 0.3) is 20.0 Å². The van der Waals surface area contributed by atoms with Crippen LogP contribution in [0.15, 0.2) is 82.6 Å². The highest BCUT2D eigenvalue weighted by atomic mass is 32.2. The van der Waals surface area contributed by atoms with Crippen LogP contribution in [-0.2, 0) is 26.2 Å². The van der Waals surface area contributed by atoms with E-state index in [4.69, 9.17) is 4.74 Å². The van der Waals surface area contributed by atoms with Crippen molar-refractivity contribution in [2.75, 3.05) is 16.6 Å². The average molecular weight is 486 g/mol. The average Bonchev–Trinajstić information content (AvgIpc) is 2.73. The van der Waals surface area contributed by atoms with Crippen LogP contribution in [0.1, 0.15) is 5.56 Å². The second-order valence-corrected chi connectivity index (χ2v) is 9.83. The van der Waals surface area contributed by atoms with Gasteiger partial charge in [0.1, 0.15) is 5.75 Å². The number of para-hydroxylation sites is 2. The molecule has 0 unspecified atom stereocenters. The molecule has 0 heterocycles. The normalized spacial score (nSPS) is 12.2. The van der Waals surface area contributed by atoms with Crippen molar-refractivity contribution in [2.24, 2.45) is 0 Å². The third kappa shape index (κ3) is 5.32. The predicted octanol–water partition coefficient (Wildman–Crippen LogP) is 4.32. The van der Waals surface area contributed by atoms with Gasteiger partial charge in [0, 0.05) is 0 Å². The van der Waals surface area contributed by atoms with Gasteiger partial charge in [-0.15, -0.1) is 0 Å². The third-order valence-corrected chi connectivity index (χ3v) is 6.96. The Labute approximate surface area is 183 Å². The summed E-state index contributed by atoms with van der Waals surface area (Å²) in [5.41, 5.74) is -1.10. The summed E-state index contributed by atoms with van der Waals surface area (Å²) in [6.45, 7) is 0. The van der Waals surface area contributed by atoms with Gasteiger partial charge in [-0.05, 0) is 48.5 Å². The zero-order valence-corrected chi connectivity index (χ0v) is 18.1. The Morgan fingerprint density at radius 3 is 2.00 bits per heavy atom. The second kappa shape index (κ2) is 8.71. The first-order valence-electron chi connectivity index (χ1n) is 8.88. The lowest BCUT2D eigenvalue weighted by Gasteiger charge is -2.13. The number of alkyl halides is 3. The molecule has 0 aliphatic heterocycles. The minimum atomic E-state index is -4.72. The topological polar surface area (TPSA) is 102 Å². The lowest BCUT2D eigenvalue weighted by molar-refractivity contribution is -0.137. The molecule has 3 aromatic rings. The van der Waals surface area contributed by atoms with Crippen LogP contribution in [0.25, 0.3) is 0 Å². The number of nitrogens with one attached hydrogen (secondary N) is 2. The fourth-order valence-corrected chi connectivity index (χ4v) is 4.92. The number of methoxy groups -OCH3 is 1. The molecule has 0 saturated heterocycles. The molecule has 7 nitrogen and oxygen atoms in total. The van der Waals surface area contributed by atoms with E-state index in [9.17, 15) is 30.0 Å². The van der Waals surface area contributed by atoms with Gasteiger partial charge in [-0.1, -0.05) is 24.3 Å². The van der Waals surface area contributed by atoms with E-state index in [1.165, 1.54) is 31.4 Å². The number of benzene rings is 3. The van der Waals surface area contributed by atoms with Crippen molar-refractivity contribution in [1.29, 1.82) is 0 Å². The maximum absolute atomic E-state index is 12.9. The van der Waals surface area contributed by atoms with Crippen LogP contribution in [0.5, 0.6) is 5.75 Å². The van der Waals surface area contributed by atoms with Gasteiger partial charge in [-0.3, -0.25) is 9.44 Å². The van der Waals surface area contributed by atoms with Crippen molar-refractivity contribution in [1.82, 2.24) is 0 Å². The number of halogens is 3. The number of anilines is 2. The van der Waals surface area contributed by atoms with E-state index in [0.29, 0.717) is 6.07 Å². The molecular weight excluding hydrogens is 469 g/mol. The maximum Gasteiger partial charge on any atom is 0.416 e. The Kier molecular flexibility index (Phi) is 6.37. The lowest BCUT2D eigenvalue weighted by Crippen LogP contribution is -2.16. The van der Waals surface area contributed by atoms with Crippen LogP contribution in [0.4, 0.5) is 24.5 Å². The van der Waals surface area contributed by atoms with Gasteiger partial charge in [0.2, 0.25) is 0 Å². The monoisotopic (exact) mass is 486 g/mol. The Balaban J connectivity index is 1.89. The standard InChI is InChI=1S/C20H17F3N2O5S2/c1-30-19-11-3-2-10-18(19)25-32(28,29)17-9-5-7-15(13-17)24-31(26,27)16-8-4-6-14(12-16)20(21,22)23/h2-13,24-25H,1H3. The third-order valence-electron chi connectivity index (χ3n) is 4.22. The number of sulfonamides is 2. The molecule has 0 aromatic heterocycles. The van der Waals surface area contributed by atoms with Crippen molar-refractivity contribution in [2.45, 2.75) is 16.0 Å². The second-order valence-electron chi connectivity index (χ2n) is 6.46. The maximum atomic E-state index is 12.9. The molecule has 0 amide bonds. The molecule has 170 valence electrons. The lowest BCUT2D eigenvalue weighted by atomic mass is 10.2. The molecule has 0 spiro atoms. The van der Waals surface area contributed by atoms with Crippen LogP contribution in [0.2, 0.25) is 0 Å². The molecule has 0 saturated carbocycles. The van der Waals surface area contributed by atoms with Crippen LogP contribution >= 0.6 is 0 Å². The summed E-state index contributed by atoms with van der Waals surface area (Å²) in [5, 5.41) is 0. The van der Waals surface area contributed by atoms with Crippen LogP contribution in [0.3, 0.4) is 0 Å². The molecule has 12 heteroatoms. The molecule has 0 aliphatic carbocycles. The van der Waals surface area contributed by atoms with E-state index in [-0.39, 0.29) is 22.0 Å². The van der Waals surface area contributed by atoms with Crippen molar-refractivity contribution in [3.8, 4) is 5.75 Å². The van der Waals surface area contributed by atoms with E-state index in [0.717, 1.165) is 24.3 Å². The van der Waals surface area contributed by atoms with Crippen LogP contribution < -0.4 is 14.2 Å². The summed E-state index contributed by atoms with van der Waals surface area (Å²) in [7, 11) is -7.17. The Morgan fingerprint density at radius 1 is 0.750 bits per heavy atom. The molecule has 2 N–H and O–H groups in total. The number of ether oxygens (including phenoxy) is 1. The summed E-state index contributed by atoms with van der Waals surface area (Å²) >= 11 is 0. The van der Waals surface area contributed by atoms with Gasteiger partial charge in [-0.2, -0.15) is 13.2 Å². The molecule has 32 heavy (non-hydrogen) atoms. The summed E-state index contributed by atoms with van der Waals surface area (Å²) in [6.07, 6.45) is -4.72.